The third kappa shape index (κ3) is 19.4. The van der Waals surface area contributed by atoms with Crippen LogP contribution in [0.15, 0.2) is 43.0 Å². The van der Waals surface area contributed by atoms with Gasteiger partial charge in [-0.3, -0.25) is 9.59 Å². The Hall–Kier alpha value is 0.492. The van der Waals surface area contributed by atoms with Gasteiger partial charge in [0, 0.05) is 13.1 Å². The second-order valence-electron chi connectivity index (χ2n) is 22.9. The van der Waals surface area contributed by atoms with E-state index in [0.29, 0.717) is 35.6 Å². The Morgan fingerprint density at radius 3 is 0.984 bits per heavy atom. The third-order valence-corrected chi connectivity index (χ3v) is 39.8. The van der Waals surface area contributed by atoms with Gasteiger partial charge in [0.2, 0.25) is 0 Å². The van der Waals surface area contributed by atoms with Crippen LogP contribution in [0.25, 0.3) is 11.4 Å². The molecule has 2 aromatic rings. The number of halogens is 2. The summed E-state index contributed by atoms with van der Waals surface area (Å²) in [5, 5.41) is 0. The number of amides is 2. The SMILES string of the molecule is C[SiH](O[Si](C)(C)C)O[Si](C)(C)C.C[Si](C)(C)O[Si](C)(CCCN1C(=O)C2=C(c3ccc(Br)s3)N(CCC[Si](C)(O[Si](C)(C)C)O[Si](C)(C)C)C(=O)C2=C1c1ccc(Br)s1)O[Si](C)(C)C. The minimum absolute atomic E-state index is 0.117. The molecule has 0 spiro atoms. The molecule has 0 aromatic carbocycles. The lowest BCUT2D eigenvalue weighted by Crippen LogP contribution is -2.52. The normalized spacial score (nSPS) is 16.2. The monoisotopic (exact) mass is 1200 g/mol. The molecule has 0 aliphatic carbocycles. The highest BCUT2D eigenvalue weighted by Crippen LogP contribution is 2.49. The van der Waals surface area contributed by atoms with Crippen molar-refractivity contribution >= 4 is 154 Å². The van der Waals surface area contributed by atoms with Crippen LogP contribution in [0.3, 0.4) is 0 Å². The van der Waals surface area contributed by atoms with Crippen molar-refractivity contribution in [3.8, 4) is 0 Å². The summed E-state index contributed by atoms with van der Waals surface area (Å²) in [6.07, 6.45) is 1.43. The van der Waals surface area contributed by atoms with Gasteiger partial charge in [-0.1, -0.05) is 0 Å². The maximum Gasteiger partial charge on any atom is 0.314 e. The van der Waals surface area contributed by atoms with Crippen LogP contribution in [0, 0.1) is 0 Å². The van der Waals surface area contributed by atoms with Crippen LogP contribution in [0.4, 0.5) is 0 Å². The molecule has 2 amide bonds. The maximum absolute atomic E-state index is 14.8. The molecule has 0 N–H and O–H groups in total. The number of carbonyl (C=O) groups is 2. The van der Waals surface area contributed by atoms with Crippen molar-refractivity contribution in [2.24, 2.45) is 0 Å². The van der Waals surface area contributed by atoms with Crippen LogP contribution in [0.2, 0.25) is 150 Å². The first-order valence-electron chi connectivity index (χ1n) is 22.5. The molecule has 0 saturated heterocycles. The van der Waals surface area contributed by atoms with E-state index in [-0.39, 0.29) is 11.8 Å². The molecular formula is C41H80Br2N2O8S2Si9. The van der Waals surface area contributed by atoms with Crippen LogP contribution in [-0.4, -0.2) is 111 Å². The number of carbonyl (C=O) groups excluding carboxylic acids is 2. The van der Waals surface area contributed by atoms with Crippen molar-refractivity contribution in [1.82, 2.24) is 9.80 Å². The summed E-state index contributed by atoms with van der Waals surface area (Å²) in [4.78, 5) is 35.1. The molecule has 4 rings (SSSR count). The van der Waals surface area contributed by atoms with Gasteiger partial charge in [-0.05, 0) is 219 Å². The molecule has 2 aromatic heterocycles. The van der Waals surface area contributed by atoms with Gasteiger partial charge in [-0.15, -0.1) is 22.7 Å². The lowest BCUT2D eigenvalue weighted by molar-refractivity contribution is -0.124. The first-order valence-corrected chi connectivity index (χ1v) is 53.3. The predicted molar refractivity (Wildman–Crippen MR) is 303 cm³/mol. The lowest BCUT2D eigenvalue weighted by Gasteiger charge is -2.39. The zero-order valence-electron chi connectivity index (χ0n) is 42.9. The Morgan fingerprint density at radius 2 is 0.766 bits per heavy atom. The predicted octanol–water partition coefficient (Wildman–Crippen LogP) is 14.0. The van der Waals surface area contributed by atoms with Gasteiger partial charge in [-0.2, -0.15) is 0 Å². The molecule has 64 heavy (non-hydrogen) atoms. The Kier molecular flexibility index (Phi) is 20.5. The Labute approximate surface area is 422 Å². The highest BCUT2D eigenvalue weighted by molar-refractivity contribution is 9.11. The molecule has 0 bridgehead atoms. The van der Waals surface area contributed by atoms with Gasteiger partial charge in [0.1, 0.15) is 0 Å². The Balaban J connectivity index is 0.000000791. The highest BCUT2D eigenvalue weighted by Gasteiger charge is 2.50. The topological polar surface area (TPSA) is 96.0 Å². The van der Waals surface area contributed by atoms with Crippen LogP contribution in [0.5, 0.6) is 0 Å². The number of hydrogen-bond acceptors (Lipinski definition) is 10. The molecule has 23 heteroatoms. The number of hydrogen-bond donors (Lipinski definition) is 0. The van der Waals surface area contributed by atoms with E-state index in [1.54, 1.807) is 22.7 Å². The summed E-state index contributed by atoms with van der Waals surface area (Å²) in [6, 6.07) is 9.54. The Bertz CT molecular complexity index is 1840. The molecule has 0 atom stereocenters. The van der Waals surface area contributed by atoms with E-state index in [1.807, 2.05) is 34.1 Å². The van der Waals surface area contributed by atoms with Crippen LogP contribution < -0.4 is 0 Å². The van der Waals surface area contributed by atoms with Crippen LogP contribution >= 0.6 is 54.5 Å². The molecule has 364 valence electrons. The average molecular weight is 1210 g/mol. The fourth-order valence-corrected chi connectivity index (χ4v) is 44.7. The number of rotatable bonds is 22. The van der Waals surface area contributed by atoms with E-state index in [1.165, 1.54) is 0 Å². The first kappa shape index (κ1) is 58.8. The van der Waals surface area contributed by atoms with Gasteiger partial charge in [0.25, 0.3) is 21.1 Å². The van der Waals surface area contributed by atoms with Crippen molar-refractivity contribution in [1.29, 1.82) is 0 Å². The molecule has 10 nitrogen and oxygen atoms in total. The molecular weight excluding hydrogens is 1130 g/mol. The smallest absolute Gasteiger partial charge is 0.314 e. The second kappa shape index (κ2) is 22.3. The minimum Gasteiger partial charge on any atom is -0.439 e. The quantitative estimate of drug-likeness (QED) is 0.108. The molecule has 2 aliphatic rings. The number of thiophene rings is 2. The zero-order valence-corrected chi connectivity index (χ0v) is 56.8. The molecule has 0 unspecified atom stereocenters. The summed E-state index contributed by atoms with van der Waals surface area (Å²) in [7, 11) is -16.6. The van der Waals surface area contributed by atoms with E-state index >= 15 is 0 Å². The molecule has 0 radical (unpaired) electrons. The average Bonchev–Trinajstić information content (AvgIpc) is 3.77. The summed E-state index contributed by atoms with van der Waals surface area (Å²) < 4.78 is 40.9. The van der Waals surface area contributed by atoms with Crippen LogP contribution in [0.1, 0.15) is 22.6 Å². The van der Waals surface area contributed by atoms with Crippen molar-refractivity contribution in [2.45, 2.75) is 162 Å². The van der Waals surface area contributed by atoms with Gasteiger partial charge in [0.05, 0.1) is 39.9 Å². The summed E-state index contributed by atoms with van der Waals surface area (Å²) >= 11 is 10.4. The molecule has 2 aliphatic heterocycles. The fourth-order valence-electron chi connectivity index (χ4n) is 8.19. The van der Waals surface area contributed by atoms with Crippen molar-refractivity contribution < 1.29 is 34.3 Å². The summed E-state index contributed by atoms with van der Waals surface area (Å²) in [5.74, 6) is -0.234. The van der Waals surface area contributed by atoms with Gasteiger partial charge < -0.3 is 34.5 Å². The van der Waals surface area contributed by atoms with Crippen LogP contribution in [-0.2, 0) is 34.3 Å². The maximum atomic E-state index is 14.8. The largest absolute Gasteiger partial charge is 0.439 e. The first-order chi connectivity index (χ1) is 28.7. The van der Waals surface area contributed by atoms with Gasteiger partial charge in [0.15, 0.2) is 49.9 Å². The lowest BCUT2D eigenvalue weighted by atomic mass is 10.1. The number of fused-ring (bicyclic) bond motifs is 1. The molecule has 4 heterocycles. The van der Waals surface area contributed by atoms with Gasteiger partial charge >= 0.3 is 17.1 Å². The van der Waals surface area contributed by atoms with E-state index in [9.17, 15) is 9.59 Å². The third-order valence-electron chi connectivity index (χ3n) is 8.95. The standard InChI is InChI=1S/C34H58Br2N2O6S2Si6.C7H22O2Si3/c1-47(2,3)41-51(13,42-48(4,5)6)23-15-21-37-31(25-17-19-27(35)45-25)29-30(33(37)39)32(26-18-20-28(36)46-26)38(34(29)40)22-16-24-52(14,43-49(7,8)9)44-50(10,11)12;1-10(8-11(2,3)4)9-12(5,6)7/h17-20H,15-16,21-24H2,1-14H3;10H,1-7H3. The Morgan fingerprint density at radius 1 is 0.484 bits per heavy atom. The number of nitrogens with zero attached hydrogens (tertiary/aromatic N) is 2. The van der Waals surface area contributed by atoms with E-state index < -0.39 is 76.3 Å². The van der Waals surface area contributed by atoms with Gasteiger partial charge in [-0.25, -0.2) is 0 Å². The molecule has 0 saturated carbocycles. The van der Waals surface area contributed by atoms with Crippen molar-refractivity contribution in [3.63, 3.8) is 0 Å². The van der Waals surface area contributed by atoms with Crippen molar-refractivity contribution in [2.75, 3.05) is 13.1 Å². The summed E-state index contributed by atoms with van der Waals surface area (Å²) in [6.45, 7) is 47.3. The molecule has 0 fully saturated rings. The van der Waals surface area contributed by atoms with E-state index in [0.717, 1.165) is 42.3 Å². The highest BCUT2D eigenvalue weighted by atomic mass is 79.9. The van der Waals surface area contributed by atoms with E-state index in [4.69, 9.17) is 24.7 Å². The second-order valence-corrected chi connectivity index (χ2v) is 65.0. The fraction of sp³-hybridized carbons (Fsp3) is 0.659. The zero-order chi connectivity index (χ0) is 49.2. The van der Waals surface area contributed by atoms with Crippen molar-refractivity contribution in [3.05, 3.63) is 52.7 Å². The summed E-state index contributed by atoms with van der Waals surface area (Å²) in [5.41, 5.74) is 2.43. The van der Waals surface area contributed by atoms with E-state index in [2.05, 4.69) is 169 Å². The minimum atomic E-state index is -2.53.